The molecule has 1 aromatic heterocycles. The number of nitrogens with one attached hydrogen (secondary N) is 1. The second kappa shape index (κ2) is 7.34. The fourth-order valence-electron chi connectivity index (χ4n) is 3.52. The fourth-order valence-corrected chi connectivity index (χ4v) is 3.81. The molecule has 0 radical (unpaired) electrons. The van der Waals surface area contributed by atoms with Crippen LogP contribution in [0, 0.1) is 11.7 Å². The molecule has 0 saturated heterocycles. The van der Waals surface area contributed by atoms with Crippen molar-refractivity contribution in [3.8, 4) is 23.1 Å². The molecule has 0 spiro atoms. The maximum absolute atomic E-state index is 12.7. The first-order valence-electron chi connectivity index (χ1n) is 8.98. The van der Waals surface area contributed by atoms with Crippen molar-refractivity contribution in [2.45, 2.75) is 13.0 Å². The predicted octanol–water partition coefficient (Wildman–Crippen LogP) is 3.19. The summed E-state index contributed by atoms with van der Waals surface area (Å²) in [6, 6.07) is 10.4. The van der Waals surface area contributed by atoms with Crippen molar-refractivity contribution in [3.05, 3.63) is 73.8 Å². The lowest BCUT2D eigenvalue weighted by atomic mass is 9.99. The Bertz CT molecular complexity index is 1280. The molecule has 4 rings (SSSR count). The molecular formula is C21H18N2O6S. The number of ether oxygens (including phenoxy) is 3. The van der Waals surface area contributed by atoms with Crippen molar-refractivity contribution < 1.29 is 24.1 Å². The lowest BCUT2D eigenvalue weighted by Crippen LogP contribution is -2.21. The molecule has 2 aromatic carbocycles. The Labute approximate surface area is 176 Å². The standard InChI is InChI=1S/C21H18N2O6S/c1-10-4-6-11(7-5-10)23-19(25)15(18(24)22-21(23)30)16-12-8-9-13(27-2)17(28-3)14(12)20(26)29-16/h4-9,16,25H,1-3H3,(H,22,24,30). The number of hydrogen-bond acceptors (Lipinski definition) is 7. The second-order valence-electron chi connectivity index (χ2n) is 6.72. The summed E-state index contributed by atoms with van der Waals surface area (Å²) >= 11 is 5.25. The Hall–Kier alpha value is -3.59. The van der Waals surface area contributed by atoms with Crippen LogP contribution in [-0.4, -0.2) is 34.8 Å². The molecule has 1 aliphatic heterocycles. The minimum Gasteiger partial charge on any atom is -0.494 e. The third-order valence-electron chi connectivity index (χ3n) is 4.96. The highest BCUT2D eigenvalue weighted by Crippen LogP contribution is 2.45. The van der Waals surface area contributed by atoms with E-state index < -0.39 is 23.5 Å². The summed E-state index contributed by atoms with van der Waals surface area (Å²) in [6.07, 6.45) is -1.14. The van der Waals surface area contributed by atoms with Crippen molar-refractivity contribution in [1.82, 2.24) is 9.55 Å². The molecular weight excluding hydrogens is 408 g/mol. The molecule has 0 amide bonds. The summed E-state index contributed by atoms with van der Waals surface area (Å²) in [5.41, 5.74) is 1.31. The van der Waals surface area contributed by atoms with Crippen LogP contribution in [0.2, 0.25) is 0 Å². The molecule has 0 fully saturated rings. The highest BCUT2D eigenvalue weighted by atomic mass is 32.1. The number of esters is 1. The van der Waals surface area contributed by atoms with Crippen molar-refractivity contribution in [1.29, 1.82) is 0 Å². The summed E-state index contributed by atoms with van der Waals surface area (Å²) < 4.78 is 17.4. The number of hydrogen-bond donors (Lipinski definition) is 2. The molecule has 30 heavy (non-hydrogen) atoms. The molecule has 1 aliphatic rings. The number of aromatic amines is 1. The molecule has 1 atom stereocenters. The highest BCUT2D eigenvalue weighted by Gasteiger charge is 2.40. The van der Waals surface area contributed by atoms with Gasteiger partial charge in [0.2, 0.25) is 5.88 Å². The average Bonchev–Trinajstić information content (AvgIpc) is 3.04. The zero-order chi connectivity index (χ0) is 21.6. The van der Waals surface area contributed by atoms with E-state index in [4.69, 9.17) is 26.4 Å². The number of rotatable bonds is 4. The van der Waals surface area contributed by atoms with Gasteiger partial charge in [0.1, 0.15) is 11.1 Å². The van der Waals surface area contributed by atoms with Crippen LogP contribution in [0.1, 0.15) is 33.2 Å². The van der Waals surface area contributed by atoms with Crippen LogP contribution < -0.4 is 15.0 Å². The maximum Gasteiger partial charge on any atom is 0.343 e. The predicted molar refractivity (Wildman–Crippen MR) is 110 cm³/mol. The van der Waals surface area contributed by atoms with E-state index in [1.54, 1.807) is 24.3 Å². The van der Waals surface area contributed by atoms with Gasteiger partial charge in [-0.2, -0.15) is 0 Å². The first kappa shape index (κ1) is 19.7. The first-order valence-corrected chi connectivity index (χ1v) is 9.39. The lowest BCUT2D eigenvalue weighted by molar-refractivity contribution is 0.0447. The summed E-state index contributed by atoms with van der Waals surface area (Å²) in [5, 5.41) is 11.0. The van der Waals surface area contributed by atoms with Gasteiger partial charge in [0, 0.05) is 5.56 Å². The van der Waals surface area contributed by atoms with Crippen molar-refractivity contribution in [2.75, 3.05) is 14.2 Å². The number of H-pyrrole nitrogens is 1. The van der Waals surface area contributed by atoms with E-state index in [1.165, 1.54) is 18.8 Å². The maximum atomic E-state index is 12.7. The Morgan fingerprint density at radius 1 is 1.10 bits per heavy atom. The lowest BCUT2D eigenvalue weighted by Gasteiger charge is -2.17. The molecule has 9 heteroatoms. The van der Waals surface area contributed by atoms with Gasteiger partial charge in [-0.1, -0.05) is 23.8 Å². The number of benzene rings is 2. The Morgan fingerprint density at radius 2 is 1.80 bits per heavy atom. The van der Waals surface area contributed by atoms with E-state index in [2.05, 4.69) is 4.98 Å². The van der Waals surface area contributed by atoms with Crippen LogP contribution >= 0.6 is 12.2 Å². The number of cyclic esters (lactones) is 1. The smallest absolute Gasteiger partial charge is 0.343 e. The van der Waals surface area contributed by atoms with E-state index in [9.17, 15) is 14.7 Å². The van der Waals surface area contributed by atoms with Gasteiger partial charge in [-0.15, -0.1) is 0 Å². The minimum absolute atomic E-state index is 0.0157. The zero-order valence-corrected chi connectivity index (χ0v) is 17.2. The molecule has 154 valence electrons. The Kier molecular flexibility index (Phi) is 4.83. The topological polar surface area (TPSA) is 103 Å². The van der Waals surface area contributed by atoms with E-state index in [0.29, 0.717) is 17.0 Å². The van der Waals surface area contributed by atoms with Gasteiger partial charge in [0.05, 0.1) is 19.9 Å². The third kappa shape index (κ3) is 2.94. The molecule has 1 unspecified atom stereocenters. The van der Waals surface area contributed by atoms with Crippen LogP contribution in [0.25, 0.3) is 5.69 Å². The number of aromatic hydroxyl groups is 1. The van der Waals surface area contributed by atoms with Gasteiger partial charge in [0.15, 0.2) is 22.4 Å². The van der Waals surface area contributed by atoms with Crippen molar-refractivity contribution >= 4 is 18.2 Å². The summed E-state index contributed by atoms with van der Waals surface area (Å²) in [4.78, 5) is 27.9. The number of aromatic nitrogens is 2. The number of carbonyl (C=O) groups is 1. The number of fused-ring (bicyclic) bond motifs is 1. The normalized spacial score (nSPS) is 14.9. The Balaban J connectivity index is 1.95. The van der Waals surface area contributed by atoms with Crippen LogP contribution in [0.3, 0.4) is 0 Å². The molecule has 2 heterocycles. The van der Waals surface area contributed by atoms with E-state index in [-0.39, 0.29) is 21.6 Å². The average molecular weight is 426 g/mol. The second-order valence-corrected chi connectivity index (χ2v) is 7.10. The highest BCUT2D eigenvalue weighted by molar-refractivity contribution is 7.71. The van der Waals surface area contributed by atoms with Crippen molar-refractivity contribution in [3.63, 3.8) is 0 Å². The van der Waals surface area contributed by atoms with Crippen LogP contribution in [0.4, 0.5) is 0 Å². The van der Waals surface area contributed by atoms with Crippen LogP contribution in [0.5, 0.6) is 17.4 Å². The van der Waals surface area contributed by atoms with E-state index in [1.807, 2.05) is 19.1 Å². The van der Waals surface area contributed by atoms with Gasteiger partial charge in [-0.3, -0.25) is 14.3 Å². The van der Waals surface area contributed by atoms with Gasteiger partial charge in [0.25, 0.3) is 5.56 Å². The molecule has 0 saturated carbocycles. The Morgan fingerprint density at radius 3 is 2.43 bits per heavy atom. The fraction of sp³-hybridized carbons (Fsp3) is 0.190. The number of methoxy groups -OCH3 is 2. The monoisotopic (exact) mass is 426 g/mol. The largest absolute Gasteiger partial charge is 0.494 e. The summed E-state index contributed by atoms with van der Waals surface area (Å²) in [5.74, 6) is -0.547. The van der Waals surface area contributed by atoms with Gasteiger partial charge >= 0.3 is 5.97 Å². The van der Waals surface area contributed by atoms with Gasteiger partial charge in [-0.05, 0) is 37.3 Å². The molecule has 0 aliphatic carbocycles. The number of carbonyl (C=O) groups excluding carboxylic acids is 1. The molecule has 0 bridgehead atoms. The molecule has 8 nitrogen and oxygen atoms in total. The van der Waals surface area contributed by atoms with E-state index >= 15 is 0 Å². The van der Waals surface area contributed by atoms with Gasteiger partial charge < -0.3 is 19.3 Å². The van der Waals surface area contributed by atoms with E-state index in [0.717, 1.165) is 5.56 Å². The van der Waals surface area contributed by atoms with Crippen LogP contribution in [0.15, 0.2) is 41.2 Å². The SMILES string of the molecule is COc1ccc2c(c1OC)C(=O)OC2c1c(O)n(-c2ccc(C)cc2)c(=S)[nH]c1=O. The molecule has 3 aromatic rings. The third-order valence-corrected chi connectivity index (χ3v) is 5.25. The first-order chi connectivity index (χ1) is 14.4. The van der Waals surface area contributed by atoms with Crippen LogP contribution in [-0.2, 0) is 4.74 Å². The zero-order valence-electron chi connectivity index (χ0n) is 16.4. The summed E-state index contributed by atoms with van der Waals surface area (Å²) in [6.45, 7) is 1.93. The quantitative estimate of drug-likeness (QED) is 0.488. The molecule has 2 N–H and O–H groups in total. The summed E-state index contributed by atoms with van der Waals surface area (Å²) in [7, 11) is 2.85. The van der Waals surface area contributed by atoms with Crippen molar-refractivity contribution in [2.24, 2.45) is 0 Å². The minimum atomic E-state index is -1.14. The number of nitrogens with zero attached hydrogens (tertiary/aromatic N) is 1. The van der Waals surface area contributed by atoms with Gasteiger partial charge in [-0.25, -0.2) is 4.79 Å². The number of aryl methyl sites for hydroxylation is 1.